The highest BCUT2D eigenvalue weighted by molar-refractivity contribution is 5.24. The highest BCUT2D eigenvalue weighted by Crippen LogP contribution is 2.13. The molecule has 0 amide bonds. The van der Waals surface area contributed by atoms with E-state index < -0.39 is 0 Å². The van der Waals surface area contributed by atoms with Crippen molar-refractivity contribution in [1.82, 2.24) is 20.2 Å². The van der Waals surface area contributed by atoms with Gasteiger partial charge in [-0.25, -0.2) is 9.97 Å². The molecule has 94 valence electrons. The van der Waals surface area contributed by atoms with Gasteiger partial charge in [0.15, 0.2) is 0 Å². The highest BCUT2D eigenvalue weighted by Gasteiger charge is 2.17. The summed E-state index contributed by atoms with van der Waals surface area (Å²) >= 11 is 0. The van der Waals surface area contributed by atoms with Gasteiger partial charge in [-0.1, -0.05) is 0 Å². The lowest BCUT2D eigenvalue weighted by molar-refractivity contribution is 0.212. The van der Waals surface area contributed by atoms with E-state index in [0.717, 1.165) is 25.5 Å². The molecule has 0 aliphatic carbocycles. The molecule has 17 heavy (non-hydrogen) atoms. The van der Waals surface area contributed by atoms with E-state index in [0.29, 0.717) is 11.9 Å². The summed E-state index contributed by atoms with van der Waals surface area (Å²) in [7, 11) is 2.14. The van der Waals surface area contributed by atoms with Crippen molar-refractivity contribution >= 4 is 5.82 Å². The maximum Gasteiger partial charge on any atom is 0.144 e. The molecule has 2 heterocycles. The van der Waals surface area contributed by atoms with E-state index >= 15 is 0 Å². The van der Waals surface area contributed by atoms with Gasteiger partial charge < -0.3 is 11.1 Å². The van der Waals surface area contributed by atoms with Gasteiger partial charge in [0, 0.05) is 12.2 Å². The van der Waals surface area contributed by atoms with Gasteiger partial charge in [-0.2, -0.15) is 0 Å². The first-order valence-electron chi connectivity index (χ1n) is 6.24. The third-order valence-corrected chi connectivity index (χ3v) is 3.29. The summed E-state index contributed by atoms with van der Waals surface area (Å²) in [5, 5.41) is 3.43. The molecular formula is C12H21N5. The summed E-state index contributed by atoms with van der Waals surface area (Å²) in [5.74, 6) is 1.36. The van der Waals surface area contributed by atoms with Crippen molar-refractivity contribution in [3.8, 4) is 0 Å². The maximum atomic E-state index is 5.66. The molecule has 5 heteroatoms. The molecule has 1 aromatic heterocycles. The monoisotopic (exact) mass is 235 g/mol. The molecule has 1 atom stereocenters. The Morgan fingerprint density at radius 2 is 2.35 bits per heavy atom. The Kier molecular flexibility index (Phi) is 4.28. The molecule has 0 saturated carbocycles. The van der Waals surface area contributed by atoms with Crippen molar-refractivity contribution < 1.29 is 0 Å². The second-order valence-corrected chi connectivity index (χ2v) is 4.65. The molecule has 2 rings (SSSR count). The van der Waals surface area contributed by atoms with Gasteiger partial charge in [0.2, 0.25) is 0 Å². The quantitative estimate of drug-likeness (QED) is 0.804. The van der Waals surface area contributed by atoms with Crippen LogP contribution in [-0.4, -0.2) is 41.0 Å². The summed E-state index contributed by atoms with van der Waals surface area (Å²) in [5.41, 5.74) is 5.66. The van der Waals surface area contributed by atoms with E-state index in [1.807, 2.05) is 0 Å². The number of hydrogen-bond donors (Lipinski definition) is 2. The number of nitrogen functional groups attached to an aromatic ring is 1. The first-order chi connectivity index (χ1) is 8.25. The number of nitrogens with zero attached hydrogens (tertiary/aromatic N) is 3. The second kappa shape index (κ2) is 5.93. The Bertz CT molecular complexity index is 347. The molecular weight excluding hydrogens is 214 g/mol. The molecule has 0 spiro atoms. The van der Waals surface area contributed by atoms with E-state index in [2.05, 4.69) is 27.2 Å². The first-order valence-corrected chi connectivity index (χ1v) is 6.24. The molecule has 0 bridgehead atoms. The Hall–Kier alpha value is -1.20. The normalized spacial score (nSPS) is 21.4. The summed E-state index contributed by atoms with van der Waals surface area (Å²) in [6.45, 7) is 3.02. The summed E-state index contributed by atoms with van der Waals surface area (Å²) in [6.07, 6.45) is 5.40. The van der Waals surface area contributed by atoms with Crippen LogP contribution >= 0.6 is 0 Å². The largest absolute Gasteiger partial charge is 0.384 e. The zero-order valence-electron chi connectivity index (χ0n) is 10.4. The fourth-order valence-corrected chi connectivity index (χ4v) is 2.28. The molecule has 5 nitrogen and oxygen atoms in total. The third kappa shape index (κ3) is 3.64. The van der Waals surface area contributed by atoms with Gasteiger partial charge in [-0.15, -0.1) is 0 Å². The Morgan fingerprint density at radius 1 is 1.47 bits per heavy atom. The van der Waals surface area contributed by atoms with Gasteiger partial charge in [0.1, 0.15) is 11.6 Å². The first kappa shape index (κ1) is 12.3. The number of hydrogen-bond acceptors (Lipinski definition) is 5. The molecule has 1 aromatic rings. The summed E-state index contributed by atoms with van der Waals surface area (Å²) in [6, 6.07) is 2.34. The van der Waals surface area contributed by atoms with Gasteiger partial charge in [0.25, 0.3) is 0 Å². The van der Waals surface area contributed by atoms with Crippen LogP contribution in [0.2, 0.25) is 0 Å². The van der Waals surface area contributed by atoms with Crippen LogP contribution < -0.4 is 11.1 Å². The van der Waals surface area contributed by atoms with Crippen molar-refractivity contribution in [1.29, 1.82) is 0 Å². The number of rotatable bonds is 3. The molecule has 0 aromatic carbocycles. The number of nitrogens with two attached hydrogens (primary N) is 1. The molecule has 1 fully saturated rings. The Balaban J connectivity index is 1.93. The van der Waals surface area contributed by atoms with Crippen LogP contribution in [0.25, 0.3) is 0 Å². The summed E-state index contributed by atoms with van der Waals surface area (Å²) in [4.78, 5) is 10.8. The highest BCUT2D eigenvalue weighted by atomic mass is 15.2. The Morgan fingerprint density at radius 3 is 3.18 bits per heavy atom. The topological polar surface area (TPSA) is 67.1 Å². The zero-order valence-corrected chi connectivity index (χ0v) is 10.4. The van der Waals surface area contributed by atoms with Crippen molar-refractivity contribution in [3.05, 3.63) is 18.1 Å². The average molecular weight is 235 g/mol. The minimum atomic E-state index is 0.547. The van der Waals surface area contributed by atoms with Crippen molar-refractivity contribution in [2.45, 2.75) is 31.8 Å². The lowest BCUT2D eigenvalue weighted by Gasteiger charge is -2.26. The fraction of sp³-hybridized carbons (Fsp3) is 0.667. The van der Waals surface area contributed by atoms with Crippen LogP contribution in [0.5, 0.6) is 0 Å². The minimum absolute atomic E-state index is 0.547. The van der Waals surface area contributed by atoms with Crippen LogP contribution in [0.15, 0.2) is 12.3 Å². The van der Waals surface area contributed by atoms with Crippen molar-refractivity contribution in [3.63, 3.8) is 0 Å². The van der Waals surface area contributed by atoms with Crippen LogP contribution in [0.1, 0.15) is 25.1 Å². The molecule has 1 unspecified atom stereocenters. The van der Waals surface area contributed by atoms with E-state index in [4.69, 9.17) is 5.73 Å². The lowest BCUT2D eigenvalue weighted by Crippen LogP contribution is -2.32. The van der Waals surface area contributed by atoms with E-state index in [9.17, 15) is 0 Å². The fourth-order valence-electron chi connectivity index (χ4n) is 2.28. The lowest BCUT2D eigenvalue weighted by atomic mass is 10.1. The maximum absolute atomic E-state index is 5.66. The smallest absolute Gasteiger partial charge is 0.144 e. The van der Waals surface area contributed by atoms with Gasteiger partial charge in [-0.3, -0.25) is 4.90 Å². The van der Waals surface area contributed by atoms with Crippen molar-refractivity contribution in [2.24, 2.45) is 0 Å². The van der Waals surface area contributed by atoms with Crippen LogP contribution in [0, 0.1) is 0 Å². The molecule has 1 aliphatic rings. The Labute approximate surface area is 102 Å². The second-order valence-electron chi connectivity index (χ2n) is 4.65. The summed E-state index contributed by atoms with van der Waals surface area (Å²) < 4.78 is 0. The van der Waals surface area contributed by atoms with Crippen molar-refractivity contribution in [2.75, 3.05) is 25.9 Å². The van der Waals surface area contributed by atoms with Gasteiger partial charge in [0.05, 0.1) is 6.54 Å². The predicted molar refractivity (Wildman–Crippen MR) is 68.4 cm³/mol. The van der Waals surface area contributed by atoms with Crippen LogP contribution in [-0.2, 0) is 6.54 Å². The van der Waals surface area contributed by atoms with E-state index in [-0.39, 0.29) is 0 Å². The number of nitrogens with one attached hydrogen (secondary N) is 1. The zero-order chi connectivity index (χ0) is 12.1. The SMILES string of the molecule is CN(Cc1nccc(N)n1)C1CCCNCC1. The van der Waals surface area contributed by atoms with Crippen LogP contribution in [0.4, 0.5) is 5.82 Å². The van der Waals surface area contributed by atoms with Gasteiger partial charge in [-0.05, 0) is 45.5 Å². The van der Waals surface area contributed by atoms with E-state index in [1.54, 1.807) is 12.3 Å². The molecule has 0 radical (unpaired) electrons. The predicted octanol–water partition coefficient (Wildman–Crippen LogP) is 0.633. The van der Waals surface area contributed by atoms with E-state index in [1.165, 1.54) is 19.3 Å². The van der Waals surface area contributed by atoms with Gasteiger partial charge >= 0.3 is 0 Å². The molecule has 1 aliphatic heterocycles. The molecule has 3 N–H and O–H groups in total. The third-order valence-electron chi connectivity index (χ3n) is 3.29. The minimum Gasteiger partial charge on any atom is -0.384 e. The standard InChI is InChI=1S/C12H21N5/c1-17(10-3-2-6-14-7-4-10)9-12-15-8-5-11(13)16-12/h5,8,10,14H,2-4,6-7,9H2,1H3,(H2,13,15,16). The number of aromatic nitrogens is 2. The molecule has 1 saturated heterocycles. The van der Waals surface area contributed by atoms with Crippen LogP contribution in [0.3, 0.4) is 0 Å². The average Bonchev–Trinajstić information content (AvgIpc) is 2.57. The number of anilines is 1.